The van der Waals surface area contributed by atoms with E-state index in [0.29, 0.717) is 12.8 Å². The van der Waals surface area contributed by atoms with E-state index in [1.807, 2.05) is 6.08 Å². The van der Waals surface area contributed by atoms with Crippen LogP contribution in [-0.4, -0.2) is 140 Å². The highest BCUT2D eigenvalue weighted by molar-refractivity contribution is 5.76. The zero-order chi connectivity index (χ0) is 69.4. The van der Waals surface area contributed by atoms with Gasteiger partial charge in [0.2, 0.25) is 5.91 Å². The van der Waals surface area contributed by atoms with Gasteiger partial charge in [-0.15, -0.1) is 0 Å². The molecule has 12 unspecified atom stereocenters. The van der Waals surface area contributed by atoms with Crippen molar-refractivity contribution in [3.05, 3.63) is 24.3 Å². The first-order chi connectivity index (χ1) is 47.1. The molecule has 0 bridgehead atoms. The van der Waals surface area contributed by atoms with Gasteiger partial charge in [0.25, 0.3) is 0 Å². The van der Waals surface area contributed by atoms with Crippen LogP contribution in [0, 0.1) is 0 Å². The van der Waals surface area contributed by atoms with Crippen LogP contribution in [0.1, 0.15) is 399 Å². The van der Waals surface area contributed by atoms with E-state index in [0.717, 1.165) is 32.1 Å². The number of ether oxygens (including phenoxy) is 4. The average Bonchev–Trinajstić information content (AvgIpc) is 0.797. The smallest absolute Gasteiger partial charge is 0.220 e. The maximum absolute atomic E-state index is 13.4. The summed E-state index contributed by atoms with van der Waals surface area (Å²) in [5.41, 5.74) is 0. The lowest BCUT2D eigenvalue weighted by Gasteiger charge is -2.46. The van der Waals surface area contributed by atoms with E-state index in [4.69, 9.17) is 18.9 Å². The Hall–Kier alpha value is -1.53. The van der Waals surface area contributed by atoms with Gasteiger partial charge in [0.15, 0.2) is 12.6 Å². The van der Waals surface area contributed by atoms with Gasteiger partial charge in [-0.3, -0.25) is 4.79 Å². The Labute approximate surface area is 589 Å². The maximum atomic E-state index is 13.4. The van der Waals surface area contributed by atoms with Gasteiger partial charge in [0.05, 0.1) is 32.0 Å². The number of unbranched alkanes of at least 4 members (excludes halogenated alkanes) is 56. The Bertz CT molecular complexity index is 1700. The van der Waals surface area contributed by atoms with Gasteiger partial charge < -0.3 is 65.1 Å². The van der Waals surface area contributed by atoms with E-state index >= 15 is 0 Å². The highest BCUT2D eigenvalue weighted by Crippen LogP contribution is 2.30. The molecule has 0 aromatic heterocycles. The molecule has 1 amide bonds. The summed E-state index contributed by atoms with van der Waals surface area (Å²) >= 11 is 0. The van der Waals surface area contributed by atoms with E-state index < -0.39 is 86.8 Å². The second-order valence-electron chi connectivity index (χ2n) is 29.6. The van der Waals surface area contributed by atoms with Gasteiger partial charge >= 0.3 is 0 Å². The topological polar surface area (TPSA) is 228 Å². The lowest BCUT2D eigenvalue weighted by molar-refractivity contribution is -0.359. The Morgan fingerprint density at radius 3 is 1.02 bits per heavy atom. The third-order valence-corrected chi connectivity index (χ3v) is 20.6. The summed E-state index contributed by atoms with van der Waals surface area (Å²) in [4.78, 5) is 13.4. The molecule has 14 nitrogen and oxygen atoms in total. The van der Waals surface area contributed by atoms with Gasteiger partial charge in [-0.05, 0) is 32.1 Å². The third kappa shape index (κ3) is 49.1. The normalized spacial score (nSPS) is 22.3. The highest BCUT2D eigenvalue weighted by Gasteiger charge is 2.51. The van der Waals surface area contributed by atoms with E-state index in [9.17, 15) is 45.6 Å². The summed E-state index contributed by atoms with van der Waals surface area (Å²) in [7, 11) is 0. The quantitative estimate of drug-likeness (QED) is 0.0204. The van der Waals surface area contributed by atoms with Crippen molar-refractivity contribution >= 4 is 5.91 Å². The molecule has 12 atom stereocenters. The van der Waals surface area contributed by atoms with Crippen molar-refractivity contribution < 1.29 is 64.6 Å². The summed E-state index contributed by atoms with van der Waals surface area (Å²) in [6, 6.07) is -0.931. The lowest BCUT2D eigenvalue weighted by atomic mass is 9.97. The molecule has 14 heteroatoms. The summed E-state index contributed by atoms with van der Waals surface area (Å²) in [6.45, 7) is 2.86. The van der Waals surface area contributed by atoms with Gasteiger partial charge in [0, 0.05) is 6.42 Å². The van der Waals surface area contributed by atoms with Crippen LogP contribution in [0.15, 0.2) is 24.3 Å². The zero-order valence-electron chi connectivity index (χ0n) is 62.4. The average molecular weight is 1370 g/mol. The number of aliphatic hydroxyl groups is 8. The Morgan fingerprint density at radius 1 is 0.365 bits per heavy atom. The largest absolute Gasteiger partial charge is 0.394 e. The van der Waals surface area contributed by atoms with E-state index in [-0.39, 0.29) is 18.9 Å². The van der Waals surface area contributed by atoms with Crippen LogP contribution in [0.4, 0.5) is 0 Å². The molecule has 2 aliphatic heterocycles. The first-order valence-corrected chi connectivity index (χ1v) is 41.6. The van der Waals surface area contributed by atoms with Gasteiger partial charge in [-0.2, -0.15) is 0 Å². The van der Waals surface area contributed by atoms with Gasteiger partial charge in [-0.25, -0.2) is 0 Å². The minimum atomic E-state index is -1.79. The Morgan fingerprint density at radius 2 is 0.667 bits per heavy atom. The van der Waals surface area contributed by atoms with E-state index in [1.165, 1.54) is 334 Å². The van der Waals surface area contributed by atoms with E-state index in [1.54, 1.807) is 6.08 Å². The second-order valence-corrected chi connectivity index (χ2v) is 29.6. The number of hydrogen-bond donors (Lipinski definition) is 9. The number of aliphatic hydroxyl groups excluding tert-OH is 8. The van der Waals surface area contributed by atoms with Crippen LogP contribution in [0.5, 0.6) is 0 Å². The Balaban J connectivity index is 1.61. The zero-order valence-corrected chi connectivity index (χ0v) is 62.4. The minimum absolute atomic E-state index is 0.239. The Kier molecular flexibility index (Phi) is 62.9. The van der Waals surface area contributed by atoms with Crippen LogP contribution in [0.3, 0.4) is 0 Å². The first kappa shape index (κ1) is 90.6. The number of carbonyl (C=O) groups excluding carboxylic acids is 1. The van der Waals surface area contributed by atoms with Crippen molar-refractivity contribution in [1.29, 1.82) is 0 Å². The van der Waals surface area contributed by atoms with Crippen molar-refractivity contribution in [3.63, 3.8) is 0 Å². The number of hydrogen-bond acceptors (Lipinski definition) is 13. The molecule has 2 fully saturated rings. The standard InChI is InChI=1S/C82H157NO13/c1-3-5-7-9-11-13-15-17-19-21-23-25-27-29-31-33-35-37-39-41-43-45-47-49-51-53-55-57-59-61-63-65-71(86)70(69-93-81-79(92)77(90)80(73(68-85)95-81)96-82-78(91)76(89)75(88)72(67-84)94-82)83-74(87)66-64-62-60-58-56-54-52-50-48-46-44-42-40-38-36-34-32-30-28-26-24-22-20-18-16-14-12-10-8-6-4-2/h55,57,63,65,70-73,75-82,84-86,88-92H,3-54,56,58-62,64,66-69H2,1-2H3,(H,83,87)/b57-55+,65-63+. The molecule has 0 aliphatic carbocycles. The number of nitrogens with one attached hydrogen (secondary N) is 1. The van der Waals surface area contributed by atoms with Gasteiger partial charge in [0.1, 0.15) is 48.8 Å². The molecule has 0 aromatic rings. The summed E-state index contributed by atoms with van der Waals surface area (Å²) in [5, 5.41) is 87.7. The first-order valence-electron chi connectivity index (χ1n) is 41.6. The second kappa shape index (κ2) is 66.7. The molecular formula is C82H157NO13. The number of rotatable bonds is 71. The molecule has 0 saturated carbocycles. The number of allylic oxidation sites excluding steroid dienone is 3. The molecule has 96 heavy (non-hydrogen) atoms. The molecule has 2 rings (SSSR count). The van der Waals surface area contributed by atoms with Crippen LogP contribution in [-0.2, 0) is 23.7 Å². The maximum Gasteiger partial charge on any atom is 0.220 e. The molecule has 9 N–H and O–H groups in total. The van der Waals surface area contributed by atoms with Crippen molar-refractivity contribution in [3.8, 4) is 0 Å². The summed E-state index contributed by atoms with van der Waals surface area (Å²) in [5.74, 6) is -0.239. The molecule has 568 valence electrons. The fourth-order valence-corrected chi connectivity index (χ4v) is 14.1. The number of amides is 1. The molecule has 0 aromatic carbocycles. The van der Waals surface area contributed by atoms with Crippen molar-refractivity contribution in [1.82, 2.24) is 5.32 Å². The molecule has 2 aliphatic rings. The van der Waals surface area contributed by atoms with Crippen molar-refractivity contribution in [2.75, 3.05) is 19.8 Å². The summed E-state index contributed by atoms with van der Waals surface area (Å²) < 4.78 is 22.9. The van der Waals surface area contributed by atoms with Crippen molar-refractivity contribution in [2.45, 2.75) is 473 Å². The fourth-order valence-electron chi connectivity index (χ4n) is 14.1. The van der Waals surface area contributed by atoms with Crippen LogP contribution in [0.25, 0.3) is 0 Å². The molecule has 0 radical (unpaired) electrons. The number of carbonyl (C=O) groups is 1. The molecule has 0 spiro atoms. The van der Waals surface area contributed by atoms with Crippen LogP contribution >= 0.6 is 0 Å². The molecule has 2 saturated heterocycles. The minimum Gasteiger partial charge on any atom is -0.394 e. The van der Waals surface area contributed by atoms with Crippen molar-refractivity contribution in [2.24, 2.45) is 0 Å². The monoisotopic (exact) mass is 1360 g/mol. The van der Waals surface area contributed by atoms with Crippen LogP contribution in [0.2, 0.25) is 0 Å². The van der Waals surface area contributed by atoms with Crippen LogP contribution < -0.4 is 5.32 Å². The SMILES string of the molecule is CCCCCCCCCCCCCCCCCCCCCCCCCCC/C=C/CC/C=C/C(O)C(COC1OC(CO)C(OC2OC(CO)C(O)C(O)C2O)C(O)C1O)NC(=O)CCCCCCCCCCCCCCCCCCCCCCCCCCCCCCCCC. The molecular weight excluding hydrogens is 1210 g/mol. The molecule has 2 heterocycles. The highest BCUT2D eigenvalue weighted by atomic mass is 16.7. The predicted molar refractivity (Wildman–Crippen MR) is 397 cm³/mol. The van der Waals surface area contributed by atoms with E-state index in [2.05, 4.69) is 31.3 Å². The fraction of sp³-hybridized carbons (Fsp3) is 0.939. The summed E-state index contributed by atoms with van der Waals surface area (Å²) in [6.07, 6.45) is 70.0. The lowest BCUT2D eigenvalue weighted by Crippen LogP contribution is -2.65. The van der Waals surface area contributed by atoms with Gasteiger partial charge in [-0.1, -0.05) is 385 Å². The third-order valence-electron chi connectivity index (χ3n) is 20.6. The predicted octanol–water partition coefficient (Wildman–Crippen LogP) is 19.0.